The van der Waals surface area contributed by atoms with Crippen molar-refractivity contribution in [3.05, 3.63) is 64.5 Å². The number of nitrogen functional groups attached to an aromatic ring is 1. The normalized spacial score (nSPS) is 17.2. The van der Waals surface area contributed by atoms with Crippen LogP contribution in [0.2, 0.25) is 0 Å². The van der Waals surface area contributed by atoms with Gasteiger partial charge in [0.15, 0.2) is 5.13 Å². The summed E-state index contributed by atoms with van der Waals surface area (Å²) in [4.78, 5) is 15.3. The van der Waals surface area contributed by atoms with Crippen molar-refractivity contribution in [3.63, 3.8) is 0 Å². The van der Waals surface area contributed by atoms with Gasteiger partial charge in [0, 0.05) is 48.5 Å². The van der Waals surface area contributed by atoms with Crippen LogP contribution < -0.4 is 21.3 Å². The molecule has 34 heavy (non-hydrogen) atoms. The van der Waals surface area contributed by atoms with E-state index in [1.165, 1.54) is 35.2 Å². The second-order valence-corrected chi connectivity index (χ2v) is 8.83. The molecule has 6 nitrogen and oxygen atoms in total. The van der Waals surface area contributed by atoms with Crippen molar-refractivity contribution in [3.8, 4) is 0 Å². The third-order valence-corrected chi connectivity index (χ3v) is 6.15. The highest BCUT2D eigenvalue weighted by Gasteiger charge is 2.21. The van der Waals surface area contributed by atoms with Crippen molar-refractivity contribution in [2.75, 3.05) is 29.0 Å². The number of hydrogen-bond donors (Lipinski definition) is 3. The Hall–Kier alpha value is -3.04. The summed E-state index contributed by atoms with van der Waals surface area (Å²) >= 11 is 1.30. The number of hydrogen-bond acceptors (Lipinski definition) is 7. The van der Waals surface area contributed by atoms with E-state index in [-0.39, 0.29) is 17.8 Å². The van der Waals surface area contributed by atoms with E-state index < -0.39 is 11.6 Å². The van der Waals surface area contributed by atoms with Crippen LogP contribution in [0.25, 0.3) is 0 Å². The molecule has 4 rings (SSSR count). The number of piperazine rings is 1. The lowest BCUT2D eigenvalue weighted by Gasteiger charge is -2.37. The molecule has 4 N–H and O–H groups in total. The van der Waals surface area contributed by atoms with E-state index in [9.17, 15) is 8.78 Å². The van der Waals surface area contributed by atoms with Crippen LogP contribution in [0.5, 0.6) is 0 Å². The minimum atomic E-state index is -0.579. The van der Waals surface area contributed by atoms with Crippen molar-refractivity contribution in [2.45, 2.75) is 46.2 Å². The van der Waals surface area contributed by atoms with Gasteiger partial charge >= 0.3 is 0 Å². The van der Waals surface area contributed by atoms with Crippen LogP contribution in [0, 0.1) is 11.6 Å². The standard InChI is InChI=1S/C22H25F2N5S.C2H6.CH2O/c1-13-11-29(12-14(2)26-13)16-8-6-15(7-9-16)27-22-28-21(25)20(30-22)10-17-18(23)4-3-5-19(17)24;2*1-2/h3-9,13-14,26H,10-12,25H2,1-2H3,(H,27,28);1-2H3;1H2. The summed E-state index contributed by atoms with van der Waals surface area (Å²) in [6.07, 6.45) is 0.0714. The fourth-order valence-electron chi connectivity index (χ4n) is 3.82. The molecule has 2 aromatic carbocycles. The summed E-state index contributed by atoms with van der Waals surface area (Å²) in [7, 11) is 0. The first-order chi connectivity index (χ1) is 16.4. The first kappa shape index (κ1) is 27.2. The number of carbonyl (C=O) groups is 1. The number of anilines is 4. The minimum absolute atomic E-state index is 0.00299. The second-order valence-electron chi connectivity index (χ2n) is 7.75. The topological polar surface area (TPSA) is 83.3 Å². The Bertz CT molecular complexity index is 1010. The number of nitrogens with zero attached hydrogens (tertiary/aromatic N) is 2. The zero-order chi connectivity index (χ0) is 25.3. The predicted octanol–water partition coefficient (Wildman–Crippen LogP) is 5.37. The fraction of sp³-hybridized carbons (Fsp3) is 0.360. The summed E-state index contributed by atoms with van der Waals surface area (Å²) < 4.78 is 27.9. The Kier molecular flexibility index (Phi) is 10.4. The zero-order valence-electron chi connectivity index (χ0n) is 20.1. The molecule has 1 aliphatic heterocycles. The molecule has 2 atom stereocenters. The first-order valence-electron chi connectivity index (χ1n) is 11.2. The monoisotopic (exact) mass is 489 g/mol. The highest BCUT2D eigenvalue weighted by atomic mass is 32.1. The molecule has 3 aromatic rings. The number of benzene rings is 2. The highest BCUT2D eigenvalue weighted by Crippen LogP contribution is 2.31. The Balaban J connectivity index is 0.000000970. The molecule has 1 aromatic heterocycles. The third-order valence-electron chi connectivity index (χ3n) is 5.17. The molecule has 2 heterocycles. The molecule has 0 aliphatic carbocycles. The number of nitrogens with one attached hydrogen (secondary N) is 2. The van der Waals surface area contributed by atoms with Crippen LogP contribution in [-0.4, -0.2) is 36.9 Å². The molecule has 0 bridgehead atoms. The van der Waals surface area contributed by atoms with E-state index in [2.05, 4.69) is 46.5 Å². The molecular weight excluding hydrogens is 456 g/mol. The van der Waals surface area contributed by atoms with Crippen molar-refractivity contribution >= 4 is 40.5 Å². The first-order valence-corrected chi connectivity index (χ1v) is 12.1. The van der Waals surface area contributed by atoms with Crippen molar-refractivity contribution in [2.24, 2.45) is 0 Å². The molecule has 0 radical (unpaired) electrons. The maximum Gasteiger partial charge on any atom is 0.189 e. The summed E-state index contributed by atoms with van der Waals surface area (Å²) in [5, 5.41) is 7.37. The molecule has 2 unspecified atom stereocenters. The summed E-state index contributed by atoms with van der Waals surface area (Å²) in [6.45, 7) is 12.3. The van der Waals surface area contributed by atoms with Crippen LogP contribution in [0.3, 0.4) is 0 Å². The second kappa shape index (κ2) is 13.0. The Labute approximate surface area is 204 Å². The SMILES string of the molecule is C=O.CC.CC1CN(c2ccc(Nc3nc(N)c(Cc4c(F)cccc4F)s3)cc2)CC(C)N1. The van der Waals surface area contributed by atoms with E-state index in [1.807, 2.05) is 32.8 Å². The number of rotatable bonds is 5. The molecular formula is C25H33F2N5OS. The molecule has 9 heteroatoms. The lowest BCUT2D eigenvalue weighted by molar-refractivity contribution is -0.0979. The maximum absolute atomic E-state index is 13.9. The molecule has 0 spiro atoms. The summed E-state index contributed by atoms with van der Waals surface area (Å²) in [5.41, 5.74) is 8.05. The van der Waals surface area contributed by atoms with Gasteiger partial charge in [-0.15, -0.1) is 0 Å². The van der Waals surface area contributed by atoms with Crippen molar-refractivity contribution < 1.29 is 13.6 Å². The Morgan fingerprint density at radius 3 is 2.21 bits per heavy atom. The smallest absolute Gasteiger partial charge is 0.189 e. The van der Waals surface area contributed by atoms with Crippen LogP contribution in [0.1, 0.15) is 38.1 Å². The molecule has 0 saturated carbocycles. The van der Waals surface area contributed by atoms with Crippen LogP contribution in [-0.2, 0) is 11.2 Å². The summed E-state index contributed by atoms with van der Waals surface area (Å²) in [6, 6.07) is 12.9. The zero-order valence-corrected chi connectivity index (χ0v) is 20.9. The largest absolute Gasteiger partial charge is 0.383 e. The van der Waals surface area contributed by atoms with Gasteiger partial charge in [-0.1, -0.05) is 31.3 Å². The van der Waals surface area contributed by atoms with Gasteiger partial charge in [0.25, 0.3) is 0 Å². The fourth-order valence-corrected chi connectivity index (χ4v) is 4.74. The van der Waals surface area contributed by atoms with Crippen molar-refractivity contribution in [1.29, 1.82) is 0 Å². The van der Waals surface area contributed by atoms with Crippen molar-refractivity contribution in [1.82, 2.24) is 10.3 Å². The van der Waals surface area contributed by atoms with Gasteiger partial charge in [-0.3, -0.25) is 0 Å². The summed E-state index contributed by atoms with van der Waals surface area (Å²) in [5.74, 6) is -0.876. The third kappa shape index (κ3) is 6.98. The van der Waals surface area contributed by atoms with E-state index in [0.717, 1.165) is 18.8 Å². The average Bonchev–Trinajstić information content (AvgIpc) is 3.17. The number of thiazole rings is 1. The molecule has 1 fully saturated rings. The number of aromatic nitrogens is 1. The van der Waals surface area contributed by atoms with Gasteiger partial charge < -0.3 is 26.1 Å². The lowest BCUT2D eigenvalue weighted by Crippen LogP contribution is -2.54. The minimum Gasteiger partial charge on any atom is -0.383 e. The molecule has 184 valence electrons. The number of halogens is 2. The van der Waals surface area contributed by atoms with E-state index >= 15 is 0 Å². The van der Waals surface area contributed by atoms with Crippen LogP contribution in [0.4, 0.5) is 31.1 Å². The molecule has 1 aliphatic rings. The quantitative estimate of drug-likeness (QED) is 0.447. The van der Waals surface area contributed by atoms with E-state index in [4.69, 9.17) is 10.5 Å². The number of nitrogens with two attached hydrogens (primary N) is 1. The van der Waals surface area contributed by atoms with E-state index in [0.29, 0.717) is 22.1 Å². The Morgan fingerprint density at radius 1 is 1.09 bits per heavy atom. The van der Waals surface area contributed by atoms with E-state index in [1.54, 1.807) is 0 Å². The lowest BCUT2D eigenvalue weighted by atomic mass is 10.1. The van der Waals surface area contributed by atoms with Gasteiger partial charge in [0.05, 0.1) is 4.88 Å². The van der Waals surface area contributed by atoms with Gasteiger partial charge in [-0.2, -0.15) is 0 Å². The van der Waals surface area contributed by atoms with Gasteiger partial charge in [0.1, 0.15) is 24.2 Å². The van der Waals surface area contributed by atoms with Crippen LogP contribution >= 0.6 is 11.3 Å². The number of carbonyl (C=O) groups excluding carboxylic acids is 1. The van der Waals surface area contributed by atoms with Gasteiger partial charge in [-0.05, 0) is 50.2 Å². The highest BCUT2D eigenvalue weighted by molar-refractivity contribution is 7.16. The average molecular weight is 490 g/mol. The predicted molar refractivity (Wildman–Crippen MR) is 138 cm³/mol. The maximum atomic E-state index is 13.9. The van der Waals surface area contributed by atoms with Gasteiger partial charge in [-0.25, -0.2) is 13.8 Å². The molecule has 0 amide bonds. The van der Waals surface area contributed by atoms with Gasteiger partial charge in [0.2, 0.25) is 0 Å². The Morgan fingerprint density at radius 2 is 1.65 bits per heavy atom. The van der Waals surface area contributed by atoms with Crippen LogP contribution in [0.15, 0.2) is 42.5 Å². The molecule has 1 saturated heterocycles.